The molecule has 0 amide bonds. The van der Waals surface area contributed by atoms with Crippen LogP contribution >= 0.6 is 0 Å². The molecule has 2 fully saturated rings. The van der Waals surface area contributed by atoms with Crippen LogP contribution in [0.1, 0.15) is 29.9 Å². The van der Waals surface area contributed by atoms with Crippen molar-refractivity contribution in [2.45, 2.75) is 38.8 Å². The summed E-state index contributed by atoms with van der Waals surface area (Å²) in [5.41, 5.74) is 3.42. The summed E-state index contributed by atoms with van der Waals surface area (Å²) in [6.07, 6.45) is 3.93. The van der Waals surface area contributed by atoms with Crippen molar-refractivity contribution in [2.75, 3.05) is 24.6 Å². The molecule has 150 valence electrons. The van der Waals surface area contributed by atoms with E-state index in [0.29, 0.717) is 17.1 Å². The maximum atomic E-state index is 12.7. The number of hydrogen-bond donors (Lipinski definition) is 0. The second-order valence-corrected chi connectivity index (χ2v) is 7.83. The normalized spacial score (nSPS) is 17.7. The first-order valence-corrected chi connectivity index (χ1v) is 9.75. The third-order valence-electron chi connectivity index (χ3n) is 5.70. The summed E-state index contributed by atoms with van der Waals surface area (Å²) in [4.78, 5) is 14.8. The smallest absolute Gasteiger partial charge is 0.269 e. The zero-order valence-corrected chi connectivity index (χ0v) is 16.5. The molecule has 2 aliphatic rings. The van der Waals surface area contributed by atoms with Gasteiger partial charge in [-0.2, -0.15) is 10.2 Å². The number of ether oxygens (including phenoxy) is 1. The molecule has 0 aromatic carbocycles. The van der Waals surface area contributed by atoms with Crippen molar-refractivity contribution >= 4 is 5.69 Å². The van der Waals surface area contributed by atoms with E-state index < -0.39 is 0 Å². The van der Waals surface area contributed by atoms with E-state index in [-0.39, 0.29) is 17.7 Å². The quantitative estimate of drug-likeness (QED) is 0.660. The number of nitrogens with zero attached hydrogens (tertiary/aromatic N) is 6. The Labute approximate surface area is 167 Å². The first kappa shape index (κ1) is 18.0. The summed E-state index contributed by atoms with van der Waals surface area (Å²) in [6.45, 7) is 6.41. The highest BCUT2D eigenvalue weighted by atomic mass is 16.5. The third kappa shape index (κ3) is 3.21. The van der Waals surface area contributed by atoms with Crippen LogP contribution in [0.2, 0.25) is 0 Å². The Kier molecular flexibility index (Phi) is 4.20. The Hall–Kier alpha value is -3.07. The van der Waals surface area contributed by atoms with E-state index in [0.717, 1.165) is 49.5 Å². The highest BCUT2D eigenvalue weighted by molar-refractivity contribution is 5.58. The van der Waals surface area contributed by atoms with Crippen molar-refractivity contribution in [3.63, 3.8) is 0 Å². The van der Waals surface area contributed by atoms with Gasteiger partial charge in [-0.1, -0.05) is 5.16 Å². The largest absolute Gasteiger partial charge is 0.371 e. The molecule has 5 heterocycles. The molecule has 2 aliphatic heterocycles. The maximum absolute atomic E-state index is 12.7. The van der Waals surface area contributed by atoms with Crippen LogP contribution < -0.4 is 10.5 Å². The number of aromatic nitrogens is 5. The summed E-state index contributed by atoms with van der Waals surface area (Å²) >= 11 is 0. The number of rotatable bonds is 4. The van der Waals surface area contributed by atoms with E-state index in [1.54, 1.807) is 12.3 Å². The fourth-order valence-corrected chi connectivity index (χ4v) is 4.01. The van der Waals surface area contributed by atoms with Crippen molar-refractivity contribution in [2.24, 2.45) is 0 Å². The minimum absolute atomic E-state index is 0.0155. The number of anilines is 1. The molecule has 9 heteroatoms. The first-order valence-electron chi connectivity index (χ1n) is 9.75. The first-order chi connectivity index (χ1) is 14.0. The summed E-state index contributed by atoms with van der Waals surface area (Å²) in [7, 11) is 0. The molecule has 2 saturated heterocycles. The van der Waals surface area contributed by atoms with Crippen LogP contribution in [0.3, 0.4) is 0 Å². The van der Waals surface area contributed by atoms with Crippen molar-refractivity contribution in [3.05, 3.63) is 51.8 Å². The Morgan fingerprint density at radius 2 is 2.07 bits per heavy atom. The minimum atomic E-state index is -0.169. The Bertz CT molecular complexity index is 1090. The Balaban J connectivity index is 1.37. The van der Waals surface area contributed by atoms with Crippen LogP contribution in [0.15, 0.2) is 33.7 Å². The van der Waals surface area contributed by atoms with Crippen LogP contribution in [0, 0.1) is 13.8 Å². The van der Waals surface area contributed by atoms with Gasteiger partial charge in [-0.25, -0.2) is 4.68 Å². The SMILES string of the molecule is Cc1ccc(-c2noc(C)c2Cn2ncc(N3CC4(CCCO4)C3)cc2=O)nn1. The maximum Gasteiger partial charge on any atom is 0.269 e. The molecule has 3 aromatic rings. The molecule has 0 unspecified atom stereocenters. The van der Waals surface area contributed by atoms with Gasteiger partial charge in [0.1, 0.15) is 22.7 Å². The molecule has 5 rings (SSSR count). The highest BCUT2D eigenvalue weighted by Gasteiger charge is 2.46. The monoisotopic (exact) mass is 394 g/mol. The van der Waals surface area contributed by atoms with Gasteiger partial charge < -0.3 is 14.2 Å². The third-order valence-corrected chi connectivity index (χ3v) is 5.70. The molecule has 0 N–H and O–H groups in total. The molecule has 3 aromatic heterocycles. The van der Waals surface area contributed by atoms with Gasteiger partial charge in [0, 0.05) is 31.3 Å². The lowest BCUT2D eigenvalue weighted by Crippen LogP contribution is -2.61. The average Bonchev–Trinajstić information content (AvgIpc) is 3.31. The van der Waals surface area contributed by atoms with Gasteiger partial charge in [0.05, 0.1) is 24.1 Å². The molecule has 0 bridgehead atoms. The van der Waals surface area contributed by atoms with Crippen molar-refractivity contribution in [1.29, 1.82) is 0 Å². The van der Waals surface area contributed by atoms with Gasteiger partial charge in [0.15, 0.2) is 0 Å². The van der Waals surface area contributed by atoms with E-state index in [1.807, 2.05) is 26.0 Å². The topological polar surface area (TPSA) is 99.2 Å². The minimum Gasteiger partial charge on any atom is -0.371 e. The molecule has 0 aliphatic carbocycles. The van der Waals surface area contributed by atoms with Gasteiger partial charge in [0.25, 0.3) is 5.56 Å². The molecule has 0 atom stereocenters. The van der Waals surface area contributed by atoms with E-state index in [2.05, 4.69) is 25.4 Å². The summed E-state index contributed by atoms with van der Waals surface area (Å²) in [5.74, 6) is 0.628. The molecular weight excluding hydrogens is 372 g/mol. The van der Waals surface area contributed by atoms with E-state index in [1.165, 1.54) is 4.68 Å². The molecule has 0 saturated carbocycles. The second-order valence-electron chi connectivity index (χ2n) is 7.83. The van der Waals surface area contributed by atoms with Crippen LogP contribution in [0.5, 0.6) is 0 Å². The molecule has 9 nitrogen and oxygen atoms in total. The molecular formula is C20H22N6O3. The predicted molar refractivity (Wildman–Crippen MR) is 105 cm³/mol. The number of hydrogen-bond acceptors (Lipinski definition) is 8. The van der Waals surface area contributed by atoms with Crippen molar-refractivity contribution < 1.29 is 9.26 Å². The van der Waals surface area contributed by atoms with Crippen molar-refractivity contribution in [3.8, 4) is 11.4 Å². The summed E-state index contributed by atoms with van der Waals surface area (Å²) < 4.78 is 12.6. The van der Waals surface area contributed by atoms with Crippen LogP contribution in [0.25, 0.3) is 11.4 Å². The fraction of sp³-hybridized carbons (Fsp3) is 0.450. The number of aryl methyl sites for hydroxylation is 2. The van der Waals surface area contributed by atoms with Crippen LogP contribution in [-0.2, 0) is 11.3 Å². The second kappa shape index (κ2) is 6.77. The van der Waals surface area contributed by atoms with Gasteiger partial charge in [0.2, 0.25) is 0 Å². The molecule has 29 heavy (non-hydrogen) atoms. The predicted octanol–water partition coefficient (Wildman–Crippen LogP) is 1.72. The van der Waals surface area contributed by atoms with Gasteiger partial charge in [-0.05, 0) is 38.8 Å². The average molecular weight is 394 g/mol. The zero-order valence-electron chi connectivity index (χ0n) is 16.5. The Morgan fingerprint density at radius 3 is 2.76 bits per heavy atom. The van der Waals surface area contributed by atoms with Crippen molar-refractivity contribution in [1.82, 2.24) is 25.1 Å². The van der Waals surface area contributed by atoms with E-state index in [9.17, 15) is 4.79 Å². The van der Waals surface area contributed by atoms with Crippen LogP contribution in [0.4, 0.5) is 5.69 Å². The highest BCUT2D eigenvalue weighted by Crippen LogP contribution is 2.37. The van der Waals surface area contributed by atoms with Gasteiger partial charge >= 0.3 is 0 Å². The summed E-state index contributed by atoms with van der Waals surface area (Å²) in [5, 5.41) is 16.7. The molecule has 0 radical (unpaired) electrons. The fourth-order valence-electron chi connectivity index (χ4n) is 4.01. The van der Waals surface area contributed by atoms with E-state index >= 15 is 0 Å². The lowest BCUT2D eigenvalue weighted by atomic mass is 9.90. The van der Waals surface area contributed by atoms with Gasteiger partial charge in [-0.3, -0.25) is 4.79 Å². The Morgan fingerprint density at radius 1 is 1.21 bits per heavy atom. The van der Waals surface area contributed by atoms with Gasteiger partial charge in [-0.15, -0.1) is 5.10 Å². The summed E-state index contributed by atoms with van der Waals surface area (Å²) in [6, 6.07) is 5.33. The standard InChI is InChI=1S/C20H22N6O3/c1-13-4-5-17(23-22-13)19-16(14(2)29-24-19)10-26-18(27)8-15(9-21-26)25-11-20(12-25)6-3-7-28-20/h4-5,8-9H,3,6-7,10-12H2,1-2H3. The van der Waals surface area contributed by atoms with E-state index in [4.69, 9.17) is 9.26 Å². The lowest BCUT2D eigenvalue weighted by Gasteiger charge is -2.48. The lowest BCUT2D eigenvalue weighted by molar-refractivity contribution is -0.0181. The zero-order chi connectivity index (χ0) is 20.0. The molecule has 1 spiro atoms. The van der Waals surface area contributed by atoms with Crippen LogP contribution in [-0.4, -0.2) is 50.4 Å².